The smallest absolute Gasteiger partial charge is 0.000449 e. The van der Waals surface area contributed by atoms with Crippen molar-refractivity contribution >= 4 is 0 Å². The molecular formula is C14H33N. The molecule has 0 aliphatic carbocycles. The molecule has 0 unspecified atom stereocenters. The van der Waals surface area contributed by atoms with Crippen LogP contribution >= 0.6 is 0 Å². The summed E-state index contributed by atoms with van der Waals surface area (Å²) in [7, 11) is 0. The average Bonchev–Trinajstić information content (AvgIpc) is 2.15. The summed E-state index contributed by atoms with van der Waals surface area (Å²) in [5, 5.41) is 0. The molecule has 94 valence electrons. The minimum Gasteiger partial charge on any atom is -0.303 e. The molecule has 0 atom stereocenters. The third kappa shape index (κ3) is 14.0. The Balaban J connectivity index is 0. The second-order valence-corrected chi connectivity index (χ2v) is 4.90. The van der Waals surface area contributed by atoms with Gasteiger partial charge in [-0.15, -0.1) is 0 Å². The van der Waals surface area contributed by atoms with Crippen LogP contribution in [0.4, 0.5) is 0 Å². The van der Waals surface area contributed by atoms with Gasteiger partial charge in [0.25, 0.3) is 0 Å². The van der Waals surface area contributed by atoms with Crippen molar-refractivity contribution in [2.75, 3.05) is 19.6 Å². The van der Waals surface area contributed by atoms with Gasteiger partial charge in [-0.1, -0.05) is 54.9 Å². The molecule has 0 saturated carbocycles. The lowest BCUT2D eigenvalue weighted by molar-refractivity contribution is 0.216. The molecule has 1 heteroatoms. The fraction of sp³-hybridized carbons (Fsp3) is 1.00. The number of rotatable bonds is 7. The Bertz CT molecular complexity index is 97.9. The topological polar surface area (TPSA) is 3.24 Å². The van der Waals surface area contributed by atoms with Crippen LogP contribution in [-0.4, -0.2) is 24.5 Å². The lowest BCUT2D eigenvalue weighted by atomic mass is 10.1. The molecule has 0 heterocycles. The van der Waals surface area contributed by atoms with Crippen LogP contribution in [0.5, 0.6) is 0 Å². The molecular weight excluding hydrogens is 182 g/mol. The van der Waals surface area contributed by atoms with Gasteiger partial charge < -0.3 is 4.90 Å². The van der Waals surface area contributed by atoms with Crippen LogP contribution < -0.4 is 0 Å². The van der Waals surface area contributed by atoms with E-state index in [1.54, 1.807) is 0 Å². The van der Waals surface area contributed by atoms with Crippen molar-refractivity contribution in [1.82, 2.24) is 4.90 Å². The molecule has 0 bridgehead atoms. The van der Waals surface area contributed by atoms with Crippen LogP contribution in [0.15, 0.2) is 0 Å². The Hall–Kier alpha value is -0.0400. The molecule has 0 aliphatic heterocycles. The SMILES string of the molecule is CC.CCCCN(CC(C)C)CC(C)C. The minimum atomic E-state index is 0.801. The third-order valence-electron chi connectivity index (χ3n) is 2.07. The van der Waals surface area contributed by atoms with Gasteiger partial charge in [-0.2, -0.15) is 0 Å². The predicted octanol–water partition coefficient (Wildman–Crippen LogP) is 4.43. The van der Waals surface area contributed by atoms with E-state index in [4.69, 9.17) is 0 Å². The Morgan fingerprint density at radius 1 is 0.867 bits per heavy atom. The maximum absolute atomic E-state index is 2.61. The first-order valence-corrected chi connectivity index (χ1v) is 6.78. The van der Waals surface area contributed by atoms with Crippen molar-refractivity contribution in [3.8, 4) is 0 Å². The van der Waals surface area contributed by atoms with Gasteiger partial charge in [-0.05, 0) is 24.8 Å². The molecule has 1 nitrogen and oxygen atoms in total. The van der Waals surface area contributed by atoms with Crippen LogP contribution in [0, 0.1) is 11.8 Å². The molecule has 15 heavy (non-hydrogen) atoms. The summed E-state index contributed by atoms with van der Waals surface area (Å²) in [6.45, 7) is 19.3. The van der Waals surface area contributed by atoms with Crippen molar-refractivity contribution in [2.45, 2.75) is 61.3 Å². The van der Waals surface area contributed by atoms with E-state index in [0.717, 1.165) is 11.8 Å². The third-order valence-corrected chi connectivity index (χ3v) is 2.07. The van der Waals surface area contributed by atoms with Crippen LogP contribution in [0.2, 0.25) is 0 Å². The second-order valence-electron chi connectivity index (χ2n) is 4.90. The number of hydrogen-bond acceptors (Lipinski definition) is 1. The predicted molar refractivity (Wildman–Crippen MR) is 72.4 cm³/mol. The largest absolute Gasteiger partial charge is 0.303 e. The highest BCUT2D eigenvalue weighted by molar-refractivity contribution is 4.62. The van der Waals surface area contributed by atoms with E-state index in [1.807, 2.05) is 13.8 Å². The van der Waals surface area contributed by atoms with E-state index >= 15 is 0 Å². The Morgan fingerprint density at radius 3 is 1.53 bits per heavy atom. The van der Waals surface area contributed by atoms with Gasteiger partial charge in [0.1, 0.15) is 0 Å². The van der Waals surface area contributed by atoms with Crippen LogP contribution in [0.25, 0.3) is 0 Å². The van der Waals surface area contributed by atoms with Crippen LogP contribution in [0.1, 0.15) is 61.3 Å². The van der Waals surface area contributed by atoms with E-state index in [1.165, 1.54) is 32.5 Å². The summed E-state index contributed by atoms with van der Waals surface area (Å²) in [6.07, 6.45) is 2.66. The highest BCUT2D eigenvalue weighted by Gasteiger charge is 2.07. The van der Waals surface area contributed by atoms with Crippen LogP contribution in [-0.2, 0) is 0 Å². The number of nitrogens with zero attached hydrogens (tertiary/aromatic N) is 1. The Labute approximate surface area is 98.2 Å². The summed E-state index contributed by atoms with van der Waals surface area (Å²) in [5.41, 5.74) is 0. The average molecular weight is 215 g/mol. The van der Waals surface area contributed by atoms with Gasteiger partial charge in [0, 0.05) is 13.1 Å². The lowest BCUT2D eigenvalue weighted by Crippen LogP contribution is -2.32. The van der Waals surface area contributed by atoms with Gasteiger partial charge in [-0.25, -0.2) is 0 Å². The van der Waals surface area contributed by atoms with E-state index < -0.39 is 0 Å². The highest BCUT2D eigenvalue weighted by Crippen LogP contribution is 2.05. The standard InChI is InChI=1S/C12H27N.C2H6/c1-6-7-8-13(9-11(2)3)10-12(4)5;1-2/h11-12H,6-10H2,1-5H3;1-2H3. The molecule has 0 fully saturated rings. The molecule has 0 aromatic heterocycles. The quantitative estimate of drug-likeness (QED) is 0.607. The van der Waals surface area contributed by atoms with Crippen molar-refractivity contribution < 1.29 is 0 Å². The van der Waals surface area contributed by atoms with Crippen molar-refractivity contribution in [2.24, 2.45) is 11.8 Å². The first-order chi connectivity index (χ1) is 7.06. The zero-order chi connectivity index (χ0) is 12.3. The Morgan fingerprint density at radius 2 is 1.27 bits per heavy atom. The molecule has 0 radical (unpaired) electrons. The molecule has 0 aliphatic rings. The molecule has 0 aromatic carbocycles. The monoisotopic (exact) mass is 215 g/mol. The van der Waals surface area contributed by atoms with E-state index in [2.05, 4.69) is 39.5 Å². The summed E-state index contributed by atoms with van der Waals surface area (Å²) in [4.78, 5) is 2.61. The van der Waals surface area contributed by atoms with Gasteiger partial charge >= 0.3 is 0 Å². The maximum Gasteiger partial charge on any atom is 0.000449 e. The first-order valence-electron chi connectivity index (χ1n) is 6.78. The fourth-order valence-electron chi connectivity index (χ4n) is 1.67. The van der Waals surface area contributed by atoms with Gasteiger partial charge in [0.2, 0.25) is 0 Å². The minimum absolute atomic E-state index is 0.801. The Kier molecular flexibility index (Phi) is 13.9. The van der Waals surface area contributed by atoms with Crippen molar-refractivity contribution in [1.29, 1.82) is 0 Å². The van der Waals surface area contributed by atoms with Crippen molar-refractivity contribution in [3.05, 3.63) is 0 Å². The van der Waals surface area contributed by atoms with Crippen molar-refractivity contribution in [3.63, 3.8) is 0 Å². The normalized spacial score (nSPS) is 10.8. The second kappa shape index (κ2) is 12.0. The van der Waals surface area contributed by atoms with Gasteiger partial charge in [0.15, 0.2) is 0 Å². The van der Waals surface area contributed by atoms with E-state index in [9.17, 15) is 0 Å². The molecule has 0 spiro atoms. The van der Waals surface area contributed by atoms with Gasteiger partial charge in [0.05, 0.1) is 0 Å². The zero-order valence-corrected chi connectivity index (χ0v) is 12.1. The molecule has 0 rings (SSSR count). The summed E-state index contributed by atoms with van der Waals surface area (Å²) in [5.74, 6) is 1.60. The fourth-order valence-corrected chi connectivity index (χ4v) is 1.67. The number of unbranched alkanes of at least 4 members (excludes halogenated alkanes) is 1. The van der Waals surface area contributed by atoms with Gasteiger partial charge in [-0.3, -0.25) is 0 Å². The summed E-state index contributed by atoms with van der Waals surface area (Å²) in [6, 6.07) is 0. The molecule has 0 aromatic rings. The lowest BCUT2D eigenvalue weighted by Gasteiger charge is -2.25. The van der Waals surface area contributed by atoms with Crippen LogP contribution in [0.3, 0.4) is 0 Å². The maximum atomic E-state index is 2.61. The zero-order valence-electron chi connectivity index (χ0n) is 12.1. The first kappa shape index (κ1) is 17.4. The highest BCUT2D eigenvalue weighted by atomic mass is 15.1. The molecule has 0 saturated heterocycles. The molecule has 0 N–H and O–H groups in total. The summed E-state index contributed by atoms with van der Waals surface area (Å²) >= 11 is 0. The summed E-state index contributed by atoms with van der Waals surface area (Å²) < 4.78 is 0. The molecule has 0 amide bonds. The number of hydrogen-bond donors (Lipinski definition) is 0. The van der Waals surface area contributed by atoms with E-state index in [-0.39, 0.29) is 0 Å². The van der Waals surface area contributed by atoms with E-state index in [0.29, 0.717) is 0 Å².